The summed E-state index contributed by atoms with van der Waals surface area (Å²) in [7, 11) is 0. The number of aryl methyl sites for hydroxylation is 1. The standard InChI is InChI=1S/C24H18ClN5O/c1-15-11-23(21-13-18(25)8-10-22(21)26-15)31-14-16-7-9-19(17-5-3-2-4-6-17)20(12-16)24-27-29-30-28-24/h2-13H,14H2,1H3,(H,27,28,29,30). The van der Waals surface area contributed by atoms with Gasteiger partial charge in [-0.2, -0.15) is 5.21 Å². The van der Waals surface area contributed by atoms with E-state index in [1.165, 1.54) is 0 Å². The Bertz CT molecular complexity index is 1350. The van der Waals surface area contributed by atoms with Gasteiger partial charge in [-0.1, -0.05) is 54.1 Å². The first-order valence-corrected chi connectivity index (χ1v) is 10.2. The Hall–Kier alpha value is -3.77. The first kappa shape index (κ1) is 19.2. The number of ether oxygens (including phenoxy) is 1. The number of hydrogen-bond acceptors (Lipinski definition) is 5. The number of halogens is 1. The third kappa shape index (κ3) is 3.98. The molecule has 2 heterocycles. The molecule has 31 heavy (non-hydrogen) atoms. The Labute approximate surface area is 183 Å². The third-order valence-corrected chi connectivity index (χ3v) is 5.25. The Morgan fingerprint density at radius 2 is 1.81 bits per heavy atom. The lowest BCUT2D eigenvalue weighted by Crippen LogP contribution is -1.99. The first-order chi connectivity index (χ1) is 15.2. The Morgan fingerprint density at radius 3 is 2.61 bits per heavy atom. The van der Waals surface area contributed by atoms with Crippen molar-refractivity contribution >= 4 is 22.5 Å². The third-order valence-electron chi connectivity index (χ3n) is 5.01. The van der Waals surface area contributed by atoms with E-state index < -0.39 is 0 Å². The number of fused-ring (bicyclic) bond motifs is 1. The van der Waals surface area contributed by atoms with Gasteiger partial charge in [-0.15, -0.1) is 10.2 Å². The number of H-pyrrole nitrogens is 1. The maximum Gasteiger partial charge on any atom is 0.205 e. The number of tetrazole rings is 1. The lowest BCUT2D eigenvalue weighted by Gasteiger charge is -2.13. The molecule has 0 spiro atoms. The van der Waals surface area contributed by atoms with E-state index in [1.807, 2.05) is 55.5 Å². The normalized spacial score (nSPS) is 11.0. The highest BCUT2D eigenvalue weighted by atomic mass is 35.5. The molecule has 0 aliphatic carbocycles. The highest BCUT2D eigenvalue weighted by molar-refractivity contribution is 6.31. The molecule has 0 radical (unpaired) electrons. The van der Waals surface area contributed by atoms with E-state index in [0.29, 0.717) is 17.5 Å². The summed E-state index contributed by atoms with van der Waals surface area (Å²) < 4.78 is 6.20. The van der Waals surface area contributed by atoms with Crippen molar-refractivity contribution in [3.8, 4) is 28.3 Å². The van der Waals surface area contributed by atoms with E-state index in [9.17, 15) is 0 Å². The number of hydrogen-bond donors (Lipinski definition) is 1. The molecule has 5 aromatic rings. The summed E-state index contributed by atoms with van der Waals surface area (Å²) >= 11 is 6.19. The largest absolute Gasteiger partial charge is 0.488 e. The number of pyridine rings is 1. The Kier molecular flexibility index (Phi) is 5.06. The second-order valence-corrected chi connectivity index (χ2v) is 7.63. The van der Waals surface area contributed by atoms with Crippen molar-refractivity contribution in [1.29, 1.82) is 0 Å². The van der Waals surface area contributed by atoms with Gasteiger partial charge in [0.2, 0.25) is 5.82 Å². The van der Waals surface area contributed by atoms with Gasteiger partial charge in [0.05, 0.1) is 5.52 Å². The molecular formula is C24H18ClN5O. The number of rotatable bonds is 5. The van der Waals surface area contributed by atoms with Crippen LogP contribution in [0, 0.1) is 6.92 Å². The second kappa shape index (κ2) is 8.16. The molecule has 0 aliphatic rings. The van der Waals surface area contributed by atoms with Gasteiger partial charge in [0.15, 0.2) is 0 Å². The molecule has 2 aromatic heterocycles. The van der Waals surface area contributed by atoms with Gasteiger partial charge in [0, 0.05) is 27.7 Å². The lowest BCUT2D eigenvalue weighted by atomic mass is 9.97. The number of nitrogens with one attached hydrogen (secondary N) is 1. The fourth-order valence-corrected chi connectivity index (χ4v) is 3.76. The molecule has 152 valence electrons. The zero-order chi connectivity index (χ0) is 21.2. The molecule has 1 N–H and O–H groups in total. The molecule has 0 atom stereocenters. The average molecular weight is 428 g/mol. The molecule has 0 aliphatic heterocycles. The first-order valence-electron chi connectivity index (χ1n) is 9.79. The topological polar surface area (TPSA) is 76.6 Å². The van der Waals surface area contributed by atoms with E-state index in [4.69, 9.17) is 16.3 Å². The van der Waals surface area contributed by atoms with E-state index in [0.717, 1.165) is 44.6 Å². The molecule has 0 saturated heterocycles. The second-order valence-electron chi connectivity index (χ2n) is 7.19. The van der Waals surface area contributed by atoms with Crippen molar-refractivity contribution in [2.75, 3.05) is 0 Å². The van der Waals surface area contributed by atoms with Crippen LogP contribution in [0.3, 0.4) is 0 Å². The fraction of sp³-hybridized carbons (Fsp3) is 0.0833. The van der Waals surface area contributed by atoms with Gasteiger partial charge in [-0.3, -0.25) is 4.98 Å². The molecule has 0 unspecified atom stereocenters. The van der Waals surface area contributed by atoms with Crippen molar-refractivity contribution in [3.05, 3.63) is 89.1 Å². The molecular weight excluding hydrogens is 410 g/mol. The van der Waals surface area contributed by atoms with Crippen molar-refractivity contribution in [2.45, 2.75) is 13.5 Å². The summed E-state index contributed by atoms with van der Waals surface area (Å²) in [6.07, 6.45) is 0. The van der Waals surface area contributed by atoms with E-state index in [2.05, 4.69) is 49.9 Å². The SMILES string of the molecule is Cc1cc(OCc2ccc(-c3ccccc3)c(-c3nn[nH]n3)c2)c2cc(Cl)ccc2n1. The molecule has 0 amide bonds. The van der Waals surface area contributed by atoms with Gasteiger partial charge in [-0.05, 0) is 53.1 Å². The van der Waals surface area contributed by atoms with Crippen molar-refractivity contribution in [1.82, 2.24) is 25.6 Å². The zero-order valence-corrected chi connectivity index (χ0v) is 17.5. The van der Waals surface area contributed by atoms with Crippen LogP contribution in [0.1, 0.15) is 11.3 Å². The monoisotopic (exact) mass is 427 g/mol. The maximum absolute atomic E-state index is 6.20. The highest BCUT2D eigenvalue weighted by Gasteiger charge is 2.13. The number of aromatic amines is 1. The van der Waals surface area contributed by atoms with E-state index in [1.54, 1.807) is 0 Å². The maximum atomic E-state index is 6.20. The predicted octanol–water partition coefficient (Wildman–Crippen LogP) is 5.62. The smallest absolute Gasteiger partial charge is 0.205 e. The van der Waals surface area contributed by atoms with Crippen LogP contribution in [0.5, 0.6) is 5.75 Å². The van der Waals surface area contributed by atoms with Gasteiger partial charge in [0.1, 0.15) is 12.4 Å². The average Bonchev–Trinajstić information content (AvgIpc) is 3.33. The Morgan fingerprint density at radius 1 is 0.935 bits per heavy atom. The molecule has 6 nitrogen and oxygen atoms in total. The van der Waals surface area contributed by atoms with Crippen LogP contribution in [-0.4, -0.2) is 25.6 Å². The van der Waals surface area contributed by atoms with E-state index >= 15 is 0 Å². The van der Waals surface area contributed by atoms with Gasteiger partial charge < -0.3 is 4.74 Å². The molecule has 5 rings (SSSR count). The summed E-state index contributed by atoms with van der Waals surface area (Å²) in [4.78, 5) is 4.56. The minimum absolute atomic E-state index is 0.380. The summed E-state index contributed by atoms with van der Waals surface area (Å²) in [5.74, 6) is 1.29. The van der Waals surface area contributed by atoms with Crippen LogP contribution < -0.4 is 4.74 Å². The van der Waals surface area contributed by atoms with Crippen LogP contribution in [0.25, 0.3) is 33.4 Å². The zero-order valence-electron chi connectivity index (χ0n) is 16.7. The quantitative estimate of drug-likeness (QED) is 0.393. The highest BCUT2D eigenvalue weighted by Crippen LogP contribution is 2.32. The van der Waals surface area contributed by atoms with Gasteiger partial charge in [0.25, 0.3) is 0 Å². The molecule has 7 heteroatoms. The molecule has 0 bridgehead atoms. The summed E-state index contributed by atoms with van der Waals surface area (Å²) in [5, 5.41) is 16.2. The summed E-state index contributed by atoms with van der Waals surface area (Å²) in [5.41, 5.74) is 5.73. The van der Waals surface area contributed by atoms with Crippen LogP contribution in [0.15, 0.2) is 72.8 Å². The van der Waals surface area contributed by atoms with Crippen molar-refractivity contribution in [2.24, 2.45) is 0 Å². The molecule has 0 saturated carbocycles. The number of aromatic nitrogens is 5. The lowest BCUT2D eigenvalue weighted by molar-refractivity contribution is 0.309. The minimum atomic E-state index is 0.380. The van der Waals surface area contributed by atoms with Crippen LogP contribution in [0.2, 0.25) is 5.02 Å². The molecule has 0 fully saturated rings. The van der Waals surface area contributed by atoms with Crippen LogP contribution in [-0.2, 0) is 6.61 Å². The van der Waals surface area contributed by atoms with Gasteiger partial charge in [-0.25, -0.2) is 0 Å². The summed E-state index contributed by atoms with van der Waals surface area (Å²) in [6, 6.07) is 23.8. The van der Waals surface area contributed by atoms with Crippen LogP contribution in [0.4, 0.5) is 0 Å². The van der Waals surface area contributed by atoms with Gasteiger partial charge >= 0.3 is 0 Å². The molecule has 3 aromatic carbocycles. The number of nitrogens with zero attached hydrogens (tertiary/aromatic N) is 4. The van der Waals surface area contributed by atoms with E-state index in [-0.39, 0.29) is 0 Å². The van der Waals surface area contributed by atoms with Crippen LogP contribution >= 0.6 is 11.6 Å². The minimum Gasteiger partial charge on any atom is -0.488 e. The van der Waals surface area contributed by atoms with Crippen molar-refractivity contribution in [3.63, 3.8) is 0 Å². The number of benzene rings is 3. The van der Waals surface area contributed by atoms with Crippen molar-refractivity contribution < 1.29 is 4.74 Å². The Balaban J connectivity index is 1.50. The fourth-order valence-electron chi connectivity index (χ4n) is 3.58. The summed E-state index contributed by atoms with van der Waals surface area (Å²) in [6.45, 7) is 2.33. The predicted molar refractivity (Wildman–Crippen MR) is 121 cm³/mol.